The summed E-state index contributed by atoms with van der Waals surface area (Å²) in [6.07, 6.45) is 1.12. The Kier molecular flexibility index (Phi) is 5.67. The van der Waals surface area contributed by atoms with Crippen molar-refractivity contribution in [2.75, 3.05) is 24.4 Å². The standard InChI is InChI=1S/C22H21N3O4S/c1-13-21(14-3-6-16(28-2)7-4-14)25-22(30-13)24-20(27)12-29-17-8-9-18-15(11-17)5-10-19(26)23-18/h3-4,6-9,11H,5,10,12H2,1-2H3,(H,23,26)(H,24,25,27). The van der Waals surface area contributed by atoms with Gasteiger partial charge in [0.15, 0.2) is 11.7 Å². The first kappa shape index (κ1) is 19.9. The molecule has 8 heteroatoms. The van der Waals surface area contributed by atoms with Gasteiger partial charge in [-0.05, 0) is 61.4 Å². The molecule has 30 heavy (non-hydrogen) atoms. The molecular weight excluding hydrogens is 402 g/mol. The number of hydrogen-bond donors (Lipinski definition) is 2. The van der Waals surface area contributed by atoms with Crippen molar-refractivity contribution >= 4 is 34.0 Å². The van der Waals surface area contributed by atoms with Crippen LogP contribution in [0.3, 0.4) is 0 Å². The quantitative estimate of drug-likeness (QED) is 0.625. The van der Waals surface area contributed by atoms with E-state index in [1.54, 1.807) is 19.2 Å². The molecule has 1 aliphatic heterocycles. The highest BCUT2D eigenvalue weighted by atomic mass is 32.1. The van der Waals surface area contributed by atoms with Crippen molar-refractivity contribution in [3.63, 3.8) is 0 Å². The summed E-state index contributed by atoms with van der Waals surface area (Å²) >= 11 is 1.42. The van der Waals surface area contributed by atoms with Crippen LogP contribution < -0.4 is 20.1 Å². The summed E-state index contributed by atoms with van der Waals surface area (Å²) in [5.41, 5.74) is 3.60. The summed E-state index contributed by atoms with van der Waals surface area (Å²) in [7, 11) is 1.63. The Balaban J connectivity index is 1.37. The average Bonchev–Trinajstić information content (AvgIpc) is 3.12. The average molecular weight is 423 g/mol. The van der Waals surface area contributed by atoms with Crippen LogP contribution in [0.4, 0.5) is 10.8 Å². The monoisotopic (exact) mass is 423 g/mol. The predicted octanol–water partition coefficient (Wildman–Crippen LogP) is 4.03. The van der Waals surface area contributed by atoms with Crippen LogP contribution in [-0.4, -0.2) is 30.5 Å². The molecule has 1 aromatic heterocycles. The number of amides is 2. The summed E-state index contributed by atoms with van der Waals surface area (Å²) in [6.45, 7) is 1.84. The first-order chi connectivity index (χ1) is 14.5. The minimum atomic E-state index is -0.281. The number of ether oxygens (including phenoxy) is 2. The van der Waals surface area contributed by atoms with Crippen molar-refractivity contribution in [1.82, 2.24) is 4.98 Å². The molecule has 0 aliphatic carbocycles. The summed E-state index contributed by atoms with van der Waals surface area (Å²) in [5.74, 6) is 1.11. The maximum atomic E-state index is 12.3. The molecule has 0 atom stereocenters. The number of carbonyl (C=O) groups is 2. The van der Waals surface area contributed by atoms with Crippen LogP contribution in [0.15, 0.2) is 42.5 Å². The molecule has 3 aromatic rings. The zero-order chi connectivity index (χ0) is 21.1. The Bertz CT molecular complexity index is 1090. The number of nitrogens with zero attached hydrogens (tertiary/aromatic N) is 1. The molecule has 0 unspecified atom stereocenters. The van der Waals surface area contributed by atoms with Gasteiger partial charge in [-0.2, -0.15) is 0 Å². The van der Waals surface area contributed by atoms with E-state index >= 15 is 0 Å². The number of thiazole rings is 1. The normalized spacial score (nSPS) is 12.7. The summed E-state index contributed by atoms with van der Waals surface area (Å²) in [4.78, 5) is 29.3. The molecule has 0 bridgehead atoms. The number of methoxy groups -OCH3 is 1. The van der Waals surface area contributed by atoms with Gasteiger partial charge >= 0.3 is 0 Å². The predicted molar refractivity (Wildman–Crippen MR) is 116 cm³/mol. The molecular formula is C22H21N3O4S. The maximum absolute atomic E-state index is 12.3. The molecule has 0 saturated carbocycles. The summed E-state index contributed by atoms with van der Waals surface area (Å²) in [6, 6.07) is 13.0. The van der Waals surface area contributed by atoms with Crippen molar-refractivity contribution in [3.05, 3.63) is 52.9 Å². The molecule has 0 spiro atoms. The van der Waals surface area contributed by atoms with Gasteiger partial charge in [0, 0.05) is 22.5 Å². The van der Waals surface area contributed by atoms with Crippen LogP contribution in [0, 0.1) is 6.92 Å². The van der Waals surface area contributed by atoms with Crippen molar-refractivity contribution in [1.29, 1.82) is 0 Å². The fraction of sp³-hybridized carbons (Fsp3) is 0.227. The van der Waals surface area contributed by atoms with Crippen LogP contribution in [0.5, 0.6) is 11.5 Å². The molecule has 4 rings (SSSR count). The molecule has 2 aromatic carbocycles. The third-order valence-corrected chi connectivity index (χ3v) is 5.63. The zero-order valence-corrected chi connectivity index (χ0v) is 17.5. The summed E-state index contributed by atoms with van der Waals surface area (Å²) < 4.78 is 10.8. The lowest BCUT2D eigenvalue weighted by molar-refractivity contribution is -0.118. The number of nitrogens with one attached hydrogen (secondary N) is 2. The van der Waals surface area contributed by atoms with E-state index in [1.165, 1.54) is 11.3 Å². The van der Waals surface area contributed by atoms with Gasteiger partial charge < -0.3 is 14.8 Å². The number of benzene rings is 2. The van der Waals surface area contributed by atoms with E-state index in [1.807, 2.05) is 37.3 Å². The Labute approximate surface area is 178 Å². The first-order valence-electron chi connectivity index (χ1n) is 9.49. The number of hydrogen-bond acceptors (Lipinski definition) is 6. The lowest BCUT2D eigenvalue weighted by Gasteiger charge is -2.17. The molecule has 154 valence electrons. The molecule has 0 radical (unpaired) electrons. The van der Waals surface area contributed by atoms with Gasteiger partial charge in [-0.1, -0.05) is 0 Å². The highest BCUT2D eigenvalue weighted by molar-refractivity contribution is 7.16. The lowest BCUT2D eigenvalue weighted by Crippen LogP contribution is -2.21. The van der Waals surface area contributed by atoms with Crippen LogP contribution in [0.1, 0.15) is 16.9 Å². The van der Waals surface area contributed by atoms with E-state index in [2.05, 4.69) is 15.6 Å². The Morgan fingerprint density at radius 2 is 1.93 bits per heavy atom. The number of carbonyl (C=O) groups excluding carboxylic acids is 2. The smallest absolute Gasteiger partial charge is 0.264 e. The third kappa shape index (κ3) is 4.44. The van der Waals surface area contributed by atoms with Gasteiger partial charge in [0.05, 0.1) is 12.8 Å². The Morgan fingerprint density at radius 1 is 1.17 bits per heavy atom. The minimum Gasteiger partial charge on any atom is -0.497 e. The van der Waals surface area contributed by atoms with Gasteiger partial charge in [0.25, 0.3) is 5.91 Å². The van der Waals surface area contributed by atoms with Crippen molar-refractivity contribution < 1.29 is 19.1 Å². The highest BCUT2D eigenvalue weighted by Crippen LogP contribution is 2.31. The van der Waals surface area contributed by atoms with E-state index in [-0.39, 0.29) is 18.4 Å². The van der Waals surface area contributed by atoms with Crippen LogP contribution >= 0.6 is 11.3 Å². The molecule has 7 nitrogen and oxygen atoms in total. The summed E-state index contributed by atoms with van der Waals surface area (Å²) in [5, 5.41) is 6.15. The highest BCUT2D eigenvalue weighted by Gasteiger charge is 2.16. The minimum absolute atomic E-state index is 0.0169. The second-order valence-corrected chi connectivity index (χ2v) is 8.06. The zero-order valence-electron chi connectivity index (χ0n) is 16.7. The molecule has 0 fully saturated rings. The number of aromatic nitrogens is 1. The van der Waals surface area contributed by atoms with E-state index in [0.29, 0.717) is 23.7 Å². The van der Waals surface area contributed by atoms with Gasteiger partial charge in [-0.25, -0.2) is 4.98 Å². The molecule has 2 N–H and O–H groups in total. The molecule has 2 heterocycles. The molecule has 1 aliphatic rings. The fourth-order valence-corrected chi connectivity index (χ4v) is 4.07. The SMILES string of the molecule is COc1ccc(-c2nc(NC(=O)COc3ccc4c(c3)CCC(=O)N4)sc2C)cc1. The number of aryl methyl sites for hydroxylation is 2. The number of anilines is 2. The first-order valence-corrected chi connectivity index (χ1v) is 10.3. The second-order valence-electron chi connectivity index (χ2n) is 6.86. The van der Waals surface area contributed by atoms with E-state index in [4.69, 9.17) is 9.47 Å². The van der Waals surface area contributed by atoms with Crippen LogP contribution in [-0.2, 0) is 16.0 Å². The van der Waals surface area contributed by atoms with Gasteiger partial charge in [-0.15, -0.1) is 11.3 Å². The number of fused-ring (bicyclic) bond motifs is 1. The molecule has 2 amide bonds. The number of rotatable bonds is 6. The van der Waals surface area contributed by atoms with Crippen molar-refractivity contribution in [3.8, 4) is 22.8 Å². The topological polar surface area (TPSA) is 89.6 Å². The molecule has 0 saturated heterocycles. The Hall–Kier alpha value is -3.39. The third-order valence-electron chi connectivity index (χ3n) is 4.75. The van der Waals surface area contributed by atoms with Crippen LogP contribution in [0.2, 0.25) is 0 Å². The lowest BCUT2D eigenvalue weighted by atomic mass is 10.0. The maximum Gasteiger partial charge on any atom is 0.264 e. The van der Waals surface area contributed by atoms with Gasteiger partial charge in [0.1, 0.15) is 11.5 Å². The van der Waals surface area contributed by atoms with Crippen LogP contribution in [0.25, 0.3) is 11.3 Å². The second kappa shape index (κ2) is 8.54. The van der Waals surface area contributed by atoms with Crippen molar-refractivity contribution in [2.45, 2.75) is 19.8 Å². The van der Waals surface area contributed by atoms with E-state index in [9.17, 15) is 9.59 Å². The fourth-order valence-electron chi connectivity index (χ4n) is 3.22. The van der Waals surface area contributed by atoms with Gasteiger partial charge in [-0.3, -0.25) is 14.9 Å². The van der Waals surface area contributed by atoms with Crippen molar-refractivity contribution in [2.24, 2.45) is 0 Å². The largest absolute Gasteiger partial charge is 0.497 e. The van der Waals surface area contributed by atoms with Gasteiger partial charge in [0.2, 0.25) is 5.91 Å². The van der Waals surface area contributed by atoms with E-state index in [0.717, 1.165) is 33.1 Å². The Morgan fingerprint density at radius 3 is 2.70 bits per heavy atom. The van der Waals surface area contributed by atoms with E-state index < -0.39 is 0 Å².